The number of aliphatic carboxylic acids is 1. The lowest BCUT2D eigenvalue weighted by atomic mass is 9.80. The maximum absolute atomic E-state index is 12.2. The van der Waals surface area contributed by atoms with Crippen LogP contribution in [0.15, 0.2) is 36.5 Å². The second kappa shape index (κ2) is 11.9. The van der Waals surface area contributed by atoms with E-state index < -0.39 is 12.1 Å². The number of carbonyl (C=O) groups excluding carboxylic acids is 1. The van der Waals surface area contributed by atoms with Gasteiger partial charge in [-0.05, 0) is 37.0 Å². The normalized spacial score (nSPS) is 22.4. The molecule has 0 bridgehead atoms. The van der Waals surface area contributed by atoms with Crippen molar-refractivity contribution in [2.24, 2.45) is 17.3 Å². The van der Waals surface area contributed by atoms with Crippen molar-refractivity contribution in [1.82, 2.24) is 0 Å². The smallest absolute Gasteiger partial charge is 0.328 e. The standard InChI is InChI=1S/C23H36O4/c1-4-5-10-17-23(2,3)21(25)16-14-18-13-15-20(24)19(18)11-8-6-7-9-12-22(26)27/h6-7,9,12,14,16,18-19,21,25H,4-5,8,10-11,13,15,17H2,1-3H3,(H,26,27). The van der Waals surface area contributed by atoms with Crippen LogP contribution >= 0.6 is 0 Å². The lowest BCUT2D eigenvalue weighted by Crippen LogP contribution is -2.27. The fourth-order valence-corrected chi connectivity index (χ4v) is 3.62. The number of rotatable bonds is 12. The van der Waals surface area contributed by atoms with Crippen molar-refractivity contribution >= 4 is 11.8 Å². The summed E-state index contributed by atoms with van der Waals surface area (Å²) < 4.78 is 0. The summed E-state index contributed by atoms with van der Waals surface area (Å²) in [6, 6.07) is 0. The van der Waals surface area contributed by atoms with Crippen molar-refractivity contribution in [3.05, 3.63) is 36.5 Å². The van der Waals surface area contributed by atoms with E-state index in [-0.39, 0.29) is 17.3 Å². The van der Waals surface area contributed by atoms with E-state index >= 15 is 0 Å². The second-order valence-corrected chi connectivity index (χ2v) is 8.25. The first-order valence-electron chi connectivity index (χ1n) is 10.2. The summed E-state index contributed by atoms with van der Waals surface area (Å²) >= 11 is 0. The highest BCUT2D eigenvalue weighted by Crippen LogP contribution is 2.35. The zero-order valence-corrected chi connectivity index (χ0v) is 17.1. The topological polar surface area (TPSA) is 74.6 Å². The van der Waals surface area contributed by atoms with Gasteiger partial charge in [0.25, 0.3) is 0 Å². The van der Waals surface area contributed by atoms with Gasteiger partial charge in [0, 0.05) is 18.4 Å². The van der Waals surface area contributed by atoms with Crippen LogP contribution in [0.25, 0.3) is 0 Å². The number of aliphatic hydroxyl groups excluding tert-OH is 1. The summed E-state index contributed by atoms with van der Waals surface area (Å²) in [5, 5.41) is 19.1. The van der Waals surface area contributed by atoms with Gasteiger partial charge in [0.05, 0.1) is 6.10 Å². The molecule has 1 rings (SSSR count). The molecular weight excluding hydrogens is 340 g/mol. The number of ketones is 1. The monoisotopic (exact) mass is 376 g/mol. The van der Waals surface area contributed by atoms with Gasteiger partial charge in [-0.3, -0.25) is 4.79 Å². The molecule has 27 heavy (non-hydrogen) atoms. The number of carbonyl (C=O) groups is 2. The van der Waals surface area contributed by atoms with Crippen LogP contribution in [0.4, 0.5) is 0 Å². The van der Waals surface area contributed by atoms with Crippen LogP contribution in [0.3, 0.4) is 0 Å². The van der Waals surface area contributed by atoms with E-state index in [1.165, 1.54) is 18.9 Å². The Balaban J connectivity index is 2.55. The predicted molar refractivity (Wildman–Crippen MR) is 109 cm³/mol. The molecule has 0 aromatic heterocycles. The first-order valence-corrected chi connectivity index (χ1v) is 10.2. The van der Waals surface area contributed by atoms with Crippen LogP contribution in [0, 0.1) is 17.3 Å². The Labute approximate surface area is 164 Å². The Bertz CT molecular complexity index is 557. The van der Waals surface area contributed by atoms with E-state index in [2.05, 4.69) is 26.8 Å². The molecule has 3 atom stereocenters. The quantitative estimate of drug-likeness (QED) is 0.215. The zero-order chi connectivity index (χ0) is 20.3. The van der Waals surface area contributed by atoms with E-state index in [9.17, 15) is 14.7 Å². The van der Waals surface area contributed by atoms with Crippen molar-refractivity contribution in [1.29, 1.82) is 0 Å². The minimum atomic E-state index is -0.966. The fourth-order valence-electron chi connectivity index (χ4n) is 3.62. The number of allylic oxidation sites excluding steroid dienone is 4. The van der Waals surface area contributed by atoms with Crippen LogP contribution < -0.4 is 0 Å². The van der Waals surface area contributed by atoms with Crippen LogP contribution in [0.2, 0.25) is 0 Å². The van der Waals surface area contributed by atoms with Gasteiger partial charge >= 0.3 is 5.97 Å². The predicted octanol–water partition coefficient (Wildman–Crippen LogP) is 5.08. The van der Waals surface area contributed by atoms with Crippen molar-refractivity contribution < 1.29 is 19.8 Å². The third kappa shape index (κ3) is 8.70. The maximum Gasteiger partial charge on any atom is 0.328 e. The number of hydrogen-bond acceptors (Lipinski definition) is 3. The highest BCUT2D eigenvalue weighted by Gasteiger charge is 2.33. The summed E-state index contributed by atoms with van der Waals surface area (Å²) in [7, 11) is 0. The summed E-state index contributed by atoms with van der Waals surface area (Å²) in [5.41, 5.74) is -0.150. The minimum absolute atomic E-state index is 0.00440. The van der Waals surface area contributed by atoms with Crippen LogP contribution in [0.5, 0.6) is 0 Å². The highest BCUT2D eigenvalue weighted by molar-refractivity contribution is 5.83. The molecule has 1 aliphatic carbocycles. The Hall–Kier alpha value is -1.68. The summed E-state index contributed by atoms with van der Waals surface area (Å²) in [6.07, 6.45) is 17.1. The number of aliphatic hydroxyl groups is 1. The van der Waals surface area contributed by atoms with E-state index in [1.54, 1.807) is 6.08 Å². The third-order valence-corrected chi connectivity index (χ3v) is 5.55. The van der Waals surface area contributed by atoms with Crippen molar-refractivity contribution in [2.45, 2.75) is 78.2 Å². The minimum Gasteiger partial charge on any atom is -0.478 e. The van der Waals surface area contributed by atoms with E-state index in [0.717, 1.165) is 38.2 Å². The molecule has 1 fully saturated rings. The Morgan fingerprint density at radius 1 is 1.30 bits per heavy atom. The second-order valence-electron chi connectivity index (χ2n) is 8.25. The van der Waals surface area contributed by atoms with Crippen molar-refractivity contribution in [3.8, 4) is 0 Å². The van der Waals surface area contributed by atoms with Gasteiger partial charge in [-0.15, -0.1) is 0 Å². The number of carboxylic acids is 1. The fraction of sp³-hybridized carbons (Fsp3) is 0.652. The highest BCUT2D eigenvalue weighted by atomic mass is 16.4. The van der Waals surface area contributed by atoms with Crippen LogP contribution in [-0.4, -0.2) is 28.1 Å². The SMILES string of the molecule is CCCCCC(C)(C)C(O)C=CC1CCC(=O)C1CCC=CC=CC(=O)O. The molecule has 1 saturated carbocycles. The molecule has 1 aliphatic rings. The van der Waals surface area contributed by atoms with Crippen LogP contribution in [-0.2, 0) is 9.59 Å². The molecule has 152 valence electrons. The number of hydrogen-bond donors (Lipinski definition) is 2. The molecule has 0 spiro atoms. The molecule has 0 aromatic rings. The third-order valence-electron chi connectivity index (χ3n) is 5.55. The molecule has 4 heteroatoms. The summed E-state index contributed by atoms with van der Waals surface area (Å²) in [4.78, 5) is 22.6. The Kier molecular flexibility index (Phi) is 10.3. The molecule has 0 radical (unpaired) electrons. The molecular formula is C23H36O4. The van der Waals surface area contributed by atoms with Crippen LogP contribution in [0.1, 0.15) is 72.1 Å². The van der Waals surface area contributed by atoms with E-state index in [0.29, 0.717) is 12.2 Å². The first-order chi connectivity index (χ1) is 12.8. The lowest BCUT2D eigenvalue weighted by molar-refractivity contribution is -0.131. The molecule has 4 nitrogen and oxygen atoms in total. The Morgan fingerprint density at radius 3 is 2.70 bits per heavy atom. The number of Topliss-reactive ketones (excluding diaryl/α,β-unsaturated/α-hetero) is 1. The average molecular weight is 377 g/mol. The van der Waals surface area contributed by atoms with Crippen molar-refractivity contribution in [2.75, 3.05) is 0 Å². The van der Waals surface area contributed by atoms with Gasteiger partial charge in [-0.2, -0.15) is 0 Å². The van der Waals surface area contributed by atoms with Gasteiger partial charge in [0.1, 0.15) is 5.78 Å². The molecule has 0 amide bonds. The number of carboxylic acid groups (broad SMARTS) is 1. The summed E-state index contributed by atoms with van der Waals surface area (Å²) in [6.45, 7) is 6.38. The summed E-state index contributed by atoms with van der Waals surface area (Å²) in [5.74, 6) is -0.464. The van der Waals surface area contributed by atoms with Gasteiger partial charge in [-0.25, -0.2) is 4.79 Å². The first kappa shape index (κ1) is 23.4. The molecule has 0 aromatic carbocycles. The van der Waals surface area contributed by atoms with E-state index in [1.807, 2.05) is 12.2 Å². The van der Waals surface area contributed by atoms with Gasteiger partial charge < -0.3 is 10.2 Å². The van der Waals surface area contributed by atoms with Gasteiger partial charge in [0.15, 0.2) is 0 Å². The lowest BCUT2D eigenvalue weighted by Gasteiger charge is -2.29. The zero-order valence-electron chi connectivity index (χ0n) is 17.1. The van der Waals surface area contributed by atoms with Gasteiger partial charge in [-0.1, -0.05) is 70.4 Å². The molecule has 0 aliphatic heterocycles. The van der Waals surface area contributed by atoms with Crippen molar-refractivity contribution in [3.63, 3.8) is 0 Å². The molecule has 0 heterocycles. The van der Waals surface area contributed by atoms with E-state index in [4.69, 9.17) is 5.11 Å². The molecule has 2 N–H and O–H groups in total. The molecule has 0 saturated heterocycles. The van der Waals surface area contributed by atoms with Gasteiger partial charge in [0.2, 0.25) is 0 Å². The number of unbranched alkanes of at least 4 members (excludes halogenated alkanes) is 2. The Morgan fingerprint density at radius 2 is 2.04 bits per heavy atom. The maximum atomic E-state index is 12.2. The molecule has 3 unspecified atom stereocenters. The largest absolute Gasteiger partial charge is 0.478 e. The average Bonchev–Trinajstić information content (AvgIpc) is 2.95.